The number of nitroso groups, excluding NO2 is 1. The van der Waals surface area contributed by atoms with Gasteiger partial charge in [-0.3, -0.25) is 4.31 Å². The molecule has 0 saturated heterocycles. The SMILES string of the molecule is O=[N+]1C=Cc2c(cc(Cl)cc2S(=O)(=O)N2CCc3ccc(Cl)cc32)C1. The first-order chi connectivity index (χ1) is 11.9. The molecule has 0 aliphatic carbocycles. The van der Waals surface area contributed by atoms with Gasteiger partial charge in [0.25, 0.3) is 10.0 Å². The van der Waals surface area contributed by atoms with Gasteiger partial charge in [-0.25, -0.2) is 8.42 Å². The van der Waals surface area contributed by atoms with Gasteiger partial charge in [-0.05, 0) is 36.2 Å². The Bertz CT molecular complexity index is 1050. The highest BCUT2D eigenvalue weighted by Crippen LogP contribution is 2.38. The van der Waals surface area contributed by atoms with Gasteiger partial charge < -0.3 is 0 Å². The van der Waals surface area contributed by atoms with Crippen molar-refractivity contribution in [2.45, 2.75) is 17.9 Å². The lowest BCUT2D eigenvalue weighted by Crippen LogP contribution is -2.30. The van der Waals surface area contributed by atoms with Gasteiger partial charge in [-0.2, -0.15) is 0 Å². The van der Waals surface area contributed by atoms with Crippen molar-refractivity contribution in [1.82, 2.24) is 0 Å². The van der Waals surface area contributed by atoms with Crippen LogP contribution in [-0.4, -0.2) is 19.7 Å². The Balaban J connectivity index is 1.89. The summed E-state index contributed by atoms with van der Waals surface area (Å²) in [4.78, 5) is 11.7. The van der Waals surface area contributed by atoms with Crippen LogP contribution in [0, 0.1) is 4.91 Å². The largest absolute Gasteiger partial charge is 0.266 e. The zero-order chi connectivity index (χ0) is 17.8. The third-order valence-corrected chi connectivity index (χ3v) is 6.70. The number of hydrogen-bond acceptors (Lipinski definition) is 3. The van der Waals surface area contributed by atoms with Crippen LogP contribution >= 0.6 is 23.2 Å². The van der Waals surface area contributed by atoms with Crippen molar-refractivity contribution >= 4 is 45.0 Å². The van der Waals surface area contributed by atoms with E-state index in [-0.39, 0.29) is 16.5 Å². The van der Waals surface area contributed by atoms with Gasteiger partial charge in [-0.1, -0.05) is 29.3 Å². The fraction of sp³-hybridized carbons (Fsp3) is 0.176. The van der Waals surface area contributed by atoms with E-state index < -0.39 is 10.0 Å². The average molecular weight is 396 g/mol. The zero-order valence-electron chi connectivity index (χ0n) is 12.9. The van der Waals surface area contributed by atoms with Crippen LogP contribution in [0.1, 0.15) is 16.7 Å². The quantitative estimate of drug-likeness (QED) is 0.721. The van der Waals surface area contributed by atoms with E-state index in [1.807, 2.05) is 6.07 Å². The van der Waals surface area contributed by atoms with E-state index in [1.54, 1.807) is 18.2 Å². The second kappa shape index (κ2) is 5.83. The second-order valence-corrected chi connectivity index (χ2v) is 8.67. The summed E-state index contributed by atoms with van der Waals surface area (Å²) < 4.78 is 28.7. The Hall–Kier alpha value is -1.89. The molecule has 0 atom stereocenters. The van der Waals surface area contributed by atoms with Crippen LogP contribution in [0.2, 0.25) is 10.0 Å². The van der Waals surface area contributed by atoms with E-state index in [0.717, 1.165) is 10.3 Å². The summed E-state index contributed by atoms with van der Waals surface area (Å²) in [5.74, 6) is 0. The normalized spacial score (nSPS) is 16.1. The van der Waals surface area contributed by atoms with Crippen molar-refractivity contribution in [3.63, 3.8) is 0 Å². The maximum Gasteiger partial charge on any atom is 0.265 e. The van der Waals surface area contributed by atoms with Crippen molar-refractivity contribution in [3.05, 3.63) is 68.2 Å². The van der Waals surface area contributed by atoms with Gasteiger partial charge in [0, 0.05) is 43.5 Å². The van der Waals surface area contributed by atoms with Crippen LogP contribution in [-0.2, 0) is 23.0 Å². The minimum absolute atomic E-state index is 0.0668. The van der Waals surface area contributed by atoms with Crippen LogP contribution in [0.25, 0.3) is 6.08 Å². The molecule has 0 N–H and O–H groups in total. The fourth-order valence-electron chi connectivity index (χ4n) is 3.25. The van der Waals surface area contributed by atoms with Gasteiger partial charge >= 0.3 is 0 Å². The molecule has 0 unspecified atom stereocenters. The number of hydrogen-bond donors (Lipinski definition) is 0. The van der Waals surface area contributed by atoms with Crippen molar-refractivity contribution in [2.24, 2.45) is 0 Å². The predicted octanol–water partition coefficient (Wildman–Crippen LogP) is 4.01. The van der Waals surface area contributed by atoms with E-state index in [0.29, 0.717) is 34.8 Å². The molecule has 0 saturated carbocycles. The van der Waals surface area contributed by atoms with Crippen molar-refractivity contribution < 1.29 is 13.2 Å². The molecule has 2 aromatic carbocycles. The molecule has 0 fully saturated rings. The monoisotopic (exact) mass is 395 g/mol. The van der Waals surface area contributed by atoms with E-state index in [1.165, 1.54) is 22.6 Å². The third kappa shape index (κ3) is 2.74. The van der Waals surface area contributed by atoms with Crippen LogP contribution in [0.15, 0.2) is 41.4 Å². The standard InChI is InChI=1S/C17H13Cl2N2O3S/c18-13-2-1-11-3-6-21(16(11)8-13)25(23,24)17-9-14(19)7-12-10-20(22)5-4-15(12)17/h1-2,4-5,7-9H,3,6,10H2/q+1. The van der Waals surface area contributed by atoms with Gasteiger partial charge in [0.05, 0.1) is 10.6 Å². The number of fused-ring (bicyclic) bond motifs is 2. The Morgan fingerprint density at radius 2 is 1.84 bits per heavy atom. The topological polar surface area (TPSA) is 57.5 Å². The number of sulfonamides is 1. The maximum atomic E-state index is 13.3. The predicted molar refractivity (Wildman–Crippen MR) is 97.5 cm³/mol. The van der Waals surface area contributed by atoms with Crippen molar-refractivity contribution in [2.75, 3.05) is 10.8 Å². The molecule has 0 bridgehead atoms. The summed E-state index contributed by atoms with van der Waals surface area (Å²) in [6.45, 7) is 0.411. The first kappa shape index (κ1) is 16.6. The molecule has 0 amide bonds. The molecule has 2 heterocycles. The molecular weight excluding hydrogens is 383 g/mol. The summed E-state index contributed by atoms with van der Waals surface area (Å²) in [5, 5.41) is 0.766. The van der Waals surface area contributed by atoms with E-state index in [4.69, 9.17) is 23.2 Å². The second-order valence-electron chi connectivity index (χ2n) is 5.97. The first-order valence-corrected chi connectivity index (χ1v) is 9.81. The zero-order valence-corrected chi connectivity index (χ0v) is 15.3. The molecular formula is C17H13Cl2N2O3S+. The molecule has 128 valence electrons. The maximum absolute atomic E-state index is 13.3. The highest BCUT2D eigenvalue weighted by atomic mass is 35.5. The van der Waals surface area contributed by atoms with E-state index in [2.05, 4.69) is 0 Å². The third-order valence-electron chi connectivity index (χ3n) is 4.39. The Kier molecular flexibility index (Phi) is 3.86. The van der Waals surface area contributed by atoms with Crippen LogP contribution in [0.5, 0.6) is 0 Å². The molecule has 0 aromatic heterocycles. The smallest absolute Gasteiger partial charge is 0.265 e. The number of anilines is 1. The van der Waals surface area contributed by atoms with Gasteiger partial charge in [-0.15, -0.1) is 0 Å². The molecule has 8 heteroatoms. The lowest BCUT2D eigenvalue weighted by Gasteiger charge is -2.22. The van der Waals surface area contributed by atoms with Gasteiger partial charge in [0.1, 0.15) is 0 Å². The molecule has 4 rings (SSSR count). The average Bonchev–Trinajstić information content (AvgIpc) is 2.97. The van der Waals surface area contributed by atoms with Crippen molar-refractivity contribution in [3.8, 4) is 0 Å². The Morgan fingerprint density at radius 1 is 1.04 bits per heavy atom. The molecule has 2 aromatic rings. The summed E-state index contributed by atoms with van der Waals surface area (Å²) in [7, 11) is -3.83. The van der Waals surface area contributed by atoms with Crippen LogP contribution < -0.4 is 4.31 Å². The summed E-state index contributed by atoms with van der Waals surface area (Å²) in [6.07, 6.45) is 3.46. The molecule has 2 aliphatic heterocycles. The molecule has 0 radical (unpaired) electrons. The Morgan fingerprint density at radius 3 is 2.64 bits per heavy atom. The molecule has 0 spiro atoms. The molecule has 2 aliphatic rings. The number of halogens is 2. The molecule has 25 heavy (non-hydrogen) atoms. The van der Waals surface area contributed by atoms with Crippen molar-refractivity contribution in [1.29, 1.82) is 0 Å². The highest BCUT2D eigenvalue weighted by molar-refractivity contribution is 7.93. The lowest BCUT2D eigenvalue weighted by molar-refractivity contribution is -0.496. The van der Waals surface area contributed by atoms with Crippen LogP contribution in [0.3, 0.4) is 0 Å². The summed E-state index contributed by atoms with van der Waals surface area (Å²) >= 11 is 12.2. The van der Waals surface area contributed by atoms with E-state index in [9.17, 15) is 13.3 Å². The summed E-state index contributed by atoms with van der Waals surface area (Å²) in [6, 6.07) is 8.31. The number of nitrogens with zero attached hydrogens (tertiary/aromatic N) is 2. The minimum atomic E-state index is -3.83. The fourth-order valence-corrected chi connectivity index (χ4v) is 5.47. The lowest BCUT2D eigenvalue weighted by atomic mass is 10.1. The highest BCUT2D eigenvalue weighted by Gasteiger charge is 2.34. The Labute approximate surface area is 155 Å². The van der Waals surface area contributed by atoms with Gasteiger partial charge in [0.2, 0.25) is 12.7 Å². The molecule has 5 nitrogen and oxygen atoms in total. The summed E-state index contributed by atoms with van der Waals surface area (Å²) in [5.41, 5.74) is 2.62. The number of rotatable bonds is 2. The van der Waals surface area contributed by atoms with Gasteiger partial charge in [0.15, 0.2) is 0 Å². The van der Waals surface area contributed by atoms with Crippen LogP contribution in [0.4, 0.5) is 5.69 Å². The first-order valence-electron chi connectivity index (χ1n) is 7.62. The van der Waals surface area contributed by atoms with E-state index >= 15 is 0 Å². The minimum Gasteiger partial charge on any atom is -0.266 e. The number of benzene rings is 2.